The van der Waals surface area contributed by atoms with Crippen molar-refractivity contribution in [3.05, 3.63) is 14.2 Å². The van der Waals surface area contributed by atoms with Crippen molar-refractivity contribution in [2.24, 2.45) is 0 Å². The molecule has 114 valence electrons. The SMILES string of the molecule is CNC1CCCN(C(=O)c2sc(C)c(Br)c2OC)C1.Cl. The maximum Gasteiger partial charge on any atom is 0.267 e. The fraction of sp³-hybridized carbons (Fsp3) is 0.615. The van der Waals surface area contributed by atoms with Crippen LogP contribution < -0.4 is 10.1 Å². The Kier molecular flexibility index (Phi) is 6.78. The van der Waals surface area contributed by atoms with E-state index in [4.69, 9.17) is 4.74 Å². The summed E-state index contributed by atoms with van der Waals surface area (Å²) in [6.07, 6.45) is 2.18. The van der Waals surface area contributed by atoms with Gasteiger partial charge in [0.15, 0.2) is 5.75 Å². The van der Waals surface area contributed by atoms with Crippen LogP contribution in [0.15, 0.2) is 4.47 Å². The van der Waals surface area contributed by atoms with Gasteiger partial charge < -0.3 is 15.0 Å². The second-order valence-corrected chi connectivity index (χ2v) is 6.73. The van der Waals surface area contributed by atoms with Gasteiger partial charge >= 0.3 is 0 Å². The topological polar surface area (TPSA) is 41.6 Å². The number of nitrogens with one attached hydrogen (secondary N) is 1. The van der Waals surface area contributed by atoms with E-state index in [9.17, 15) is 4.79 Å². The van der Waals surface area contributed by atoms with Crippen LogP contribution in [-0.2, 0) is 0 Å². The number of hydrogen-bond donors (Lipinski definition) is 1. The molecule has 1 aliphatic rings. The van der Waals surface area contributed by atoms with Crippen molar-refractivity contribution in [1.29, 1.82) is 0 Å². The monoisotopic (exact) mass is 382 g/mol. The quantitative estimate of drug-likeness (QED) is 0.872. The van der Waals surface area contributed by atoms with E-state index in [0.717, 1.165) is 35.3 Å². The normalized spacial score (nSPS) is 18.6. The van der Waals surface area contributed by atoms with E-state index in [-0.39, 0.29) is 18.3 Å². The van der Waals surface area contributed by atoms with Gasteiger partial charge in [-0.1, -0.05) is 0 Å². The molecule has 1 unspecified atom stereocenters. The number of carbonyl (C=O) groups is 1. The number of amides is 1. The van der Waals surface area contributed by atoms with Crippen LogP contribution >= 0.6 is 39.7 Å². The van der Waals surface area contributed by atoms with Gasteiger partial charge in [-0.25, -0.2) is 0 Å². The Morgan fingerprint density at radius 2 is 2.25 bits per heavy atom. The van der Waals surface area contributed by atoms with Gasteiger partial charge in [0.1, 0.15) is 4.88 Å². The molecular formula is C13H20BrClN2O2S. The highest BCUT2D eigenvalue weighted by atomic mass is 79.9. The first kappa shape index (κ1) is 17.8. The fourth-order valence-electron chi connectivity index (χ4n) is 2.37. The molecule has 0 bridgehead atoms. The minimum Gasteiger partial charge on any atom is -0.494 e. The molecular weight excluding hydrogens is 364 g/mol. The summed E-state index contributed by atoms with van der Waals surface area (Å²) in [5, 5.41) is 3.25. The summed E-state index contributed by atoms with van der Waals surface area (Å²) < 4.78 is 6.26. The molecule has 1 aromatic heterocycles. The lowest BCUT2D eigenvalue weighted by atomic mass is 10.1. The number of methoxy groups -OCH3 is 1. The number of aryl methyl sites for hydroxylation is 1. The Morgan fingerprint density at radius 1 is 1.55 bits per heavy atom. The Morgan fingerprint density at radius 3 is 2.85 bits per heavy atom. The molecule has 1 N–H and O–H groups in total. The van der Waals surface area contributed by atoms with Crippen LogP contribution in [0.1, 0.15) is 27.4 Å². The number of nitrogens with zero attached hydrogens (tertiary/aromatic N) is 1. The summed E-state index contributed by atoms with van der Waals surface area (Å²) in [5.74, 6) is 0.745. The van der Waals surface area contributed by atoms with E-state index < -0.39 is 0 Å². The first-order valence-electron chi connectivity index (χ1n) is 6.37. The predicted octanol–water partition coefficient (Wildman–Crippen LogP) is 3.07. The van der Waals surface area contributed by atoms with Crippen molar-refractivity contribution < 1.29 is 9.53 Å². The van der Waals surface area contributed by atoms with E-state index in [1.165, 1.54) is 11.3 Å². The zero-order chi connectivity index (χ0) is 14.0. The second-order valence-electron chi connectivity index (χ2n) is 4.71. The number of carbonyl (C=O) groups excluding carboxylic acids is 1. The van der Waals surface area contributed by atoms with E-state index in [2.05, 4.69) is 21.2 Å². The number of piperidine rings is 1. The summed E-state index contributed by atoms with van der Waals surface area (Å²) in [6, 6.07) is 0.396. The number of hydrogen-bond acceptors (Lipinski definition) is 4. The maximum atomic E-state index is 12.6. The lowest BCUT2D eigenvalue weighted by Gasteiger charge is -2.32. The Labute approximate surface area is 138 Å². The molecule has 1 atom stereocenters. The third kappa shape index (κ3) is 3.47. The molecule has 20 heavy (non-hydrogen) atoms. The van der Waals surface area contributed by atoms with Gasteiger partial charge in [0.2, 0.25) is 0 Å². The summed E-state index contributed by atoms with van der Waals surface area (Å²) >= 11 is 4.97. The number of halogens is 2. The highest BCUT2D eigenvalue weighted by Gasteiger charge is 2.28. The molecule has 1 fully saturated rings. The van der Waals surface area contributed by atoms with Crippen molar-refractivity contribution in [1.82, 2.24) is 10.2 Å². The molecule has 0 saturated carbocycles. The van der Waals surface area contributed by atoms with Gasteiger partial charge in [-0.15, -0.1) is 23.7 Å². The van der Waals surface area contributed by atoms with Gasteiger partial charge in [0, 0.05) is 24.0 Å². The highest BCUT2D eigenvalue weighted by Crippen LogP contribution is 2.39. The number of ether oxygens (including phenoxy) is 1. The van der Waals surface area contributed by atoms with Gasteiger partial charge in [-0.05, 0) is 42.7 Å². The highest BCUT2D eigenvalue weighted by molar-refractivity contribution is 9.10. The first-order valence-corrected chi connectivity index (χ1v) is 7.98. The largest absolute Gasteiger partial charge is 0.494 e. The van der Waals surface area contributed by atoms with Crippen LogP contribution in [0.4, 0.5) is 0 Å². The summed E-state index contributed by atoms with van der Waals surface area (Å²) in [6.45, 7) is 3.59. The molecule has 2 heterocycles. The molecule has 7 heteroatoms. The Bertz CT molecular complexity index is 481. The summed E-state index contributed by atoms with van der Waals surface area (Å²) in [4.78, 5) is 16.3. The van der Waals surface area contributed by atoms with Crippen molar-refractivity contribution in [2.75, 3.05) is 27.2 Å². The minimum atomic E-state index is 0. The first-order chi connectivity index (χ1) is 9.08. The second kappa shape index (κ2) is 7.64. The molecule has 0 radical (unpaired) electrons. The number of likely N-dealkylation sites (N-methyl/N-ethyl adjacent to an activating group) is 1. The van der Waals surface area contributed by atoms with E-state index in [1.807, 2.05) is 18.9 Å². The minimum absolute atomic E-state index is 0. The van der Waals surface area contributed by atoms with Gasteiger partial charge in [0.25, 0.3) is 5.91 Å². The van der Waals surface area contributed by atoms with Crippen molar-refractivity contribution in [3.8, 4) is 5.75 Å². The number of thiophene rings is 1. The number of rotatable bonds is 3. The van der Waals surface area contributed by atoms with Gasteiger partial charge in [-0.2, -0.15) is 0 Å². The Hall–Kier alpha value is -0.300. The van der Waals surface area contributed by atoms with Crippen LogP contribution in [0.5, 0.6) is 5.75 Å². The maximum absolute atomic E-state index is 12.6. The molecule has 1 aromatic rings. The summed E-state index contributed by atoms with van der Waals surface area (Å²) in [7, 11) is 3.56. The molecule has 1 aliphatic heterocycles. The van der Waals surface area contributed by atoms with Crippen LogP contribution in [0, 0.1) is 6.92 Å². The van der Waals surface area contributed by atoms with Crippen molar-refractivity contribution in [2.45, 2.75) is 25.8 Å². The lowest BCUT2D eigenvalue weighted by molar-refractivity contribution is 0.0700. The van der Waals surface area contributed by atoms with Gasteiger partial charge in [0.05, 0.1) is 11.6 Å². The fourth-order valence-corrected chi connectivity index (χ4v) is 4.08. The lowest BCUT2D eigenvalue weighted by Crippen LogP contribution is -2.46. The van der Waals surface area contributed by atoms with Crippen LogP contribution in [0.2, 0.25) is 0 Å². The van der Waals surface area contributed by atoms with Crippen molar-refractivity contribution >= 4 is 45.6 Å². The molecule has 0 spiro atoms. The number of likely N-dealkylation sites (tertiary alicyclic amines) is 1. The molecule has 0 aliphatic carbocycles. The molecule has 0 aromatic carbocycles. The molecule has 1 saturated heterocycles. The van der Waals surface area contributed by atoms with Gasteiger partial charge in [-0.3, -0.25) is 4.79 Å². The standard InChI is InChI=1S/C13H19BrN2O2S.ClH/c1-8-10(14)11(18-3)12(19-8)13(17)16-6-4-5-9(7-16)15-2;/h9,15H,4-7H2,1-3H3;1H. The molecule has 4 nitrogen and oxygen atoms in total. The zero-order valence-corrected chi connectivity index (χ0v) is 15.1. The Balaban J connectivity index is 0.00000200. The zero-order valence-electron chi connectivity index (χ0n) is 11.9. The average Bonchev–Trinajstić information content (AvgIpc) is 2.73. The van der Waals surface area contributed by atoms with Crippen LogP contribution in [0.3, 0.4) is 0 Å². The van der Waals surface area contributed by atoms with Crippen molar-refractivity contribution in [3.63, 3.8) is 0 Å². The van der Waals surface area contributed by atoms with E-state index >= 15 is 0 Å². The third-order valence-corrected chi connectivity index (χ3v) is 5.78. The summed E-state index contributed by atoms with van der Waals surface area (Å²) in [5.41, 5.74) is 0. The predicted molar refractivity (Wildman–Crippen MR) is 88.5 cm³/mol. The smallest absolute Gasteiger partial charge is 0.267 e. The average molecular weight is 384 g/mol. The third-order valence-electron chi connectivity index (χ3n) is 3.49. The van der Waals surface area contributed by atoms with Crippen LogP contribution in [-0.4, -0.2) is 44.1 Å². The molecule has 2 rings (SSSR count). The molecule has 1 amide bonds. The van der Waals surface area contributed by atoms with Crippen LogP contribution in [0.25, 0.3) is 0 Å². The van der Waals surface area contributed by atoms with E-state index in [0.29, 0.717) is 16.7 Å². The van der Waals surface area contributed by atoms with E-state index in [1.54, 1.807) is 7.11 Å².